The molecule has 0 bridgehead atoms. The third-order valence-corrected chi connectivity index (χ3v) is 6.77. The highest BCUT2D eigenvalue weighted by atomic mass is 31.2. The zero-order valence-electron chi connectivity index (χ0n) is 16.4. The number of rotatable bonds is 8. The van der Waals surface area contributed by atoms with Gasteiger partial charge in [-0.15, -0.1) is 0 Å². The summed E-state index contributed by atoms with van der Waals surface area (Å²) in [5, 5.41) is 15.8. The molecule has 0 spiro atoms. The predicted molar refractivity (Wildman–Crippen MR) is 114 cm³/mol. The molecule has 148 valence electrons. The summed E-state index contributed by atoms with van der Waals surface area (Å²) in [7, 11) is -3.63. The van der Waals surface area contributed by atoms with Crippen molar-refractivity contribution in [1.29, 1.82) is 0 Å². The average molecular weight is 399 g/mol. The van der Waals surface area contributed by atoms with E-state index in [-0.39, 0.29) is 19.0 Å². The molecule has 0 aliphatic carbocycles. The zero-order valence-corrected chi connectivity index (χ0v) is 17.3. The molecule has 3 aromatic rings. The molecule has 0 heterocycles. The van der Waals surface area contributed by atoms with Crippen molar-refractivity contribution in [1.82, 2.24) is 0 Å². The van der Waals surface area contributed by atoms with Crippen LogP contribution in [-0.4, -0.2) is 18.3 Å². The lowest BCUT2D eigenvalue weighted by Crippen LogP contribution is -2.16. The molecule has 0 fully saturated rings. The van der Waals surface area contributed by atoms with E-state index in [2.05, 4.69) is 5.32 Å². The first-order chi connectivity index (χ1) is 13.5. The van der Waals surface area contributed by atoms with Crippen molar-refractivity contribution in [3.05, 3.63) is 71.8 Å². The summed E-state index contributed by atoms with van der Waals surface area (Å²) < 4.78 is 25.1. The van der Waals surface area contributed by atoms with E-state index in [9.17, 15) is 9.67 Å². The minimum absolute atomic E-state index is 0.0444. The van der Waals surface area contributed by atoms with Crippen molar-refractivity contribution in [3.8, 4) is 5.75 Å². The molecule has 0 aliphatic heterocycles. The second-order valence-electron chi connectivity index (χ2n) is 6.51. The third kappa shape index (κ3) is 4.22. The van der Waals surface area contributed by atoms with Crippen molar-refractivity contribution in [2.75, 3.05) is 18.5 Å². The summed E-state index contributed by atoms with van der Waals surface area (Å²) in [5.41, 5.74) is 2.39. The topological polar surface area (TPSA) is 67.8 Å². The summed E-state index contributed by atoms with van der Waals surface area (Å²) >= 11 is 0. The van der Waals surface area contributed by atoms with Crippen LogP contribution in [0.2, 0.25) is 0 Å². The molecule has 28 heavy (non-hydrogen) atoms. The number of anilines is 1. The summed E-state index contributed by atoms with van der Waals surface area (Å²) in [6.07, 6.45) is 0. The van der Waals surface area contributed by atoms with Crippen LogP contribution in [0.1, 0.15) is 30.8 Å². The number of benzene rings is 3. The monoisotopic (exact) mass is 399 g/mol. The number of aryl methyl sites for hydroxylation is 1. The number of hydrogen-bond acceptors (Lipinski definition) is 5. The van der Waals surface area contributed by atoms with Gasteiger partial charge in [0.05, 0.1) is 13.2 Å². The highest BCUT2D eigenvalue weighted by Crippen LogP contribution is 2.62. The number of phenols is 1. The Morgan fingerprint density at radius 3 is 2.25 bits per heavy atom. The second kappa shape index (κ2) is 8.78. The van der Waals surface area contributed by atoms with Crippen LogP contribution < -0.4 is 5.32 Å². The summed E-state index contributed by atoms with van der Waals surface area (Å²) in [5.74, 6) is -0.816. The van der Waals surface area contributed by atoms with Crippen LogP contribution in [-0.2, 0) is 13.6 Å². The first-order valence-corrected chi connectivity index (χ1v) is 11.0. The van der Waals surface area contributed by atoms with E-state index in [0.29, 0.717) is 5.56 Å². The fourth-order valence-corrected chi connectivity index (χ4v) is 5.22. The van der Waals surface area contributed by atoms with Crippen molar-refractivity contribution in [2.45, 2.75) is 26.6 Å². The van der Waals surface area contributed by atoms with Gasteiger partial charge in [-0.25, -0.2) is 0 Å². The Morgan fingerprint density at radius 2 is 1.61 bits per heavy atom. The second-order valence-corrected chi connectivity index (χ2v) is 8.62. The maximum Gasteiger partial charge on any atom is 0.357 e. The molecule has 0 amide bonds. The van der Waals surface area contributed by atoms with E-state index in [1.54, 1.807) is 19.9 Å². The Labute approximate surface area is 165 Å². The molecule has 0 aliphatic rings. The summed E-state index contributed by atoms with van der Waals surface area (Å²) in [4.78, 5) is 0. The molecule has 5 nitrogen and oxygen atoms in total. The lowest BCUT2D eigenvalue weighted by Gasteiger charge is -2.29. The molecule has 3 aromatic carbocycles. The molecular weight excluding hydrogens is 373 g/mol. The Bertz CT molecular complexity index is 977. The van der Waals surface area contributed by atoms with Gasteiger partial charge in [-0.2, -0.15) is 0 Å². The highest BCUT2D eigenvalue weighted by Gasteiger charge is 2.39. The number of fused-ring (bicyclic) bond motifs is 1. The smallest absolute Gasteiger partial charge is 0.357 e. The molecule has 0 saturated heterocycles. The van der Waals surface area contributed by atoms with Crippen molar-refractivity contribution < 1.29 is 18.7 Å². The quantitative estimate of drug-likeness (QED) is 0.440. The Balaban J connectivity index is 2.20. The predicted octanol–water partition coefficient (Wildman–Crippen LogP) is 6.23. The normalized spacial score (nSPS) is 12.8. The van der Waals surface area contributed by atoms with Gasteiger partial charge in [0.1, 0.15) is 5.75 Å². The van der Waals surface area contributed by atoms with Crippen molar-refractivity contribution in [3.63, 3.8) is 0 Å². The van der Waals surface area contributed by atoms with Gasteiger partial charge in [-0.3, -0.25) is 4.57 Å². The molecule has 0 aromatic heterocycles. The number of phenolic OH excluding ortho intramolecular Hbond substituents is 1. The third-order valence-electron chi connectivity index (χ3n) is 4.51. The molecule has 0 radical (unpaired) electrons. The number of hydrogen-bond donors (Lipinski definition) is 2. The first kappa shape index (κ1) is 20.4. The summed E-state index contributed by atoms with van der Waals surface area (Å²) in [6.45, 7) is 6.02. The largest absolute Gasteiger partial charge is 0.508 e. The molecule has 1 unspecified atom stereocenters. The van der Waals surface area contributed by atoms with Gasteiger partial charge in [0.15, 0.2) is 5.78 Å². The fraction of sp³-hybridized carbons (Fsp3) is 0.273. The van der Waals surface area contributed by atoms with E-state index in [4.69, 9.17) is 9.05 Å². The van der Waals surface area contributed by atoms with E-state index < -0.39 is 13.4 Å². The van der Waals surface area contributed by atoms with Crippen LogP contribution in [0.15, 0.2) is 60.7 Å². The molecular formula is C22H26NO4P. The van der Waals surface area contributed by atoms with Crippen LogP contribution in [0.3, 0.4) is 0 Å². The molecule has 2 N–H and O–H groups in total. The van der Waals surface area contributed by atoms with Gasteiger partial charge in [-0.1, -0.05) is 48.0 Å². The lowest BCUT2D eigenvalue weighted by molar-refractivity contribution is 0.214. The van der Waals surface area contributed by atoms with Crippen LogP contribution in [0.5, 0.6) is 5.75 Å². The van der Waals surface area contributed by atoms with Crippen molar-refractivity contribution >= 4 is 24.1 Å². The molecule has 1 atom stereocenters. The molecule has 0 saturated carbocycles. The van der Waals surface area contributed by atoms with Crippen LogP contribution in [0, 0.1) is 6.92 Å². The van der Waals surface area contributed by atoms with E-state index in [1.807, 2.05) is 61.5 Å². The SMILES string of the molecule is CCOP(=O)(OCC)C(Nc1ccc(C)cc1)c1c(O)ccc2ccccc12. The van der Waals surface area contributed by atoms with Crippen LogP contribution in [0.25, 0.3) is 10.8 Å². The van der Waals surface area contributed by atoms with Gasteiger partial charge in [0.25, 0.3) is 0 Å². The lowest BCUT2D eigenvalue weighted by atomic mass is 10.0. The first-order valence-electron chi connectivity index (χ1n) is 9.41. The summed E-state index contributed by atoms with van der Waals surface area (Å²) in [6, 6.07) is 18.9. The number of nitrogens with one attached hydrogen (secondary N) is 1. The van der Waals surface area contributed by atoms with Gasteiger partial charge < -0.3 is 19.5 Å². The highest BCUT2D eigenvalue weighted by molar-refractivity contribution is 7.54. The minimum atomic E-state index is -3.63. The fourth-order valence-electron chi connectivity index (χ4n) is 3.23. The van der Waals surface area contributed by atoms with Gasteiger partial charge >= 0.3 is 7.60 Å². The zero-order chi connectivity index (χ0) is 20.1. The van der Waals surface area contributed by atoms with Crippen molar-refractivity contribution in [2.24, 2.45) is 0 Å². The van der Waals surface area contributed by atoms with E-state index >= 15 is 0 Å². The minimum Gasteiger partial charge on any atom is -0.508 e. The van der Waals surface area contributed by atoms with E-state index in [0.717, 1.165) is 22.0 Å². The molecule has 6 heteroatoms. The Morgan fingerprint density at radius 1 is 0.964 bits per heavy atom. The van der Waals surface area contributed by atoms with Gasteiger partial charge in [0, 0.05) is 11.3 Å². The maximum atomic E-state index is 13.8. The molecule has 3 rings (SSSR count). The van der Waals surface area contributed by atoms with Gasteiger partial charge in [-0.05, 0) is 49.7 Å². The average Bonchev–Trinajstić information content (AvgIpc) is 2.68. The van der Waals surface area contributed by atoms with Gasteiger partial charge in [0.2, 0.25) is 0 Å². The standard InChI is InChI=1S/C22H26NO4P/c1-4-26-28(25,27-5-2)22(23-18-13-10-16(3)11-14-18)21-19-9-7-6-8-17(19)12-15-20(21)24/h6-15,22-24H,4-5H2,1-3H3. The Hall–Kier alpha value is -2.33. The van der Waals surface area contributed by atoms with Crippen LogP contribution >= 0.6 is 7.60 Å². The number of aromatic hydroxyl groups is 1. The Kier molecular flexibility index (Phi) is 6.40. The van der Waals surface area contributed by atoms with Crippen LogP contribution in [0.4, 0.5) is 5.69 Å². The van der Waals surface area contributed by atoms with E-state index in [1.165, 1.54) is 0 Å². The maximum absolute atomic E-state index is 13.8.